The fraction of sp³-hybridized carbons (Fsp3) is 0.308. The molecule has 0 aromatic heterocycles. The first kappa shape index (κ1) is 15.5. The fourth-order valence-corrected chi connectivity index (χ4v) is 1.62. The number of amides is 3. The summed E-state index contributed by atoms with van der Waals surface area (Å²) in [6.07, 6.45) is 0. The van der Waals surface area contributed by atoms with E-state index in [-0.39, 0.29) is 11.5 Å². The van der Waals surface area contributed by atoms with Gasteiger partial charge >= 0.3 is 12.0 Å². The lowest BCUT2D eigenvalue weighted by molar-refractivity contribution is -0.140. The third kappa shape index (κ3) is 4.27. The van der Waals surface area contributed by atoms with E-state index in [1.165, 1.54) is 12.1 Å². The second-order valence-corrected chi connectivity index (χ2v) is 4.60. The minimum atomic E-state index is -1.10. The number of anilines is 1. The highest BCUT2D eigenvalue weighted by atomic mass is 16.4. The fourth-order valence-electron chi connectivity index (χ4n) is 1.62. The molecule has 0 aliphatic heterocycles. The van der Waals surface area contributed by atoms with E-state index in [9.17, 15) is 14.4 Å². The van der Waals surface area contributed by atoms with Crippen LogP contribution in [0.1, 0.15) is 24.2 Å². The smallest absolute Gasteiger partial charge is 0.326 e. The summed E-state index contributed by atoms with van der Waals surface area (Å²) in [6.45, 7) is 3.40. The first-order chi connectivity index (χ1) is 9.31. The summed E-state index contributed by atoms with van der Waals surface area (Å²) >= 11 is 0. The zero-order chi connectivity index (χ0) is 15.3. The number of nitrogens with one attached hydrogen (secondary N) is 2. The van der Waals surface area contributed by atoms with Crippen molar-refractivity contribution in [2.24, 2.45) is 11.7 Å². The van der Waals surface area contributed by atoms with Crippen LogP contribution in [-0.2, 0) is 4.79 Å². The highest BCUT2D eigenvalue weighted by Gasteiger charge is 2.23. The molecule has 0 saturated carbocycles. The highest BCUT2D eigenvalue weighted by Crippen LogP contribution is 2.11. The maximum Gasteiger partial charge on any atom is 0.326 e. The van der Waals surface area contributed by atoms with Gasteiger partial charge in [0, 0.05) is 11.3 Å². The maximum absolute atomic E-state index is 12.0. The van der Waals surface area contributed by atoms with E-state index in [4.69, 9.17) is 10.8 Å². The number of rotatable bonds is 5. The molecular formula is C13H17N3O4. The van der Waals surface area contributed by atoms with Crippen molar-refractivity contribution in [3.8, 4) is 0 Å². The van der Waals surface area contributed by atoms with Gasteiger partial charge in [0.15, 0.2) is 0 Å². The van der Waals surface area contributed by atoms with Crippen molar-refractivity contribution in [2.45, 2.75) is 19.9 Å². The van der Waals surface area contributed by atoms with Crippen LogP contribution in [0.25, 0.3) is 0 Å². The maximum atomic E-state index is 12.0. The van der Waals surface area contributed by atoms with Gasteiger partial charge in [0.05, 0.1) is 0 Å². The molecule has 0 aliphatic rings. The molecular weight excluding hydrogens is 262 g/mol. The van der Waals surface area contributed by atoms with Gasteiger partial charge in [-0.2, -0.15) is 0 Å². The molecule has 5 N–H and O–H groups in total. The normalized spacial score (nSPS) is 11.8. The predicted molar refractivity (Wildman–Crippen MR) is 73.4 cm³/mol. The van der Waals surface area contributed by atoms with Crippen LogP contribution >= 0.6 is 0 Å². The molecule has 1 unspecified atom stereocenters. The number of primary amides is 1. The third-order valence-electron chi connectivity index (χ3n) is 2.61. The lowest BCUT2D eigenvalue weighted by Crippen LogP contribution is -2.44. The second kappa shape index (κ2) is 6.55. The summed E-state index contributed by atoms with van der Waals surface area (Å²) in [7, 11) is 0. The number of carboxylic acids is 1. The molecule has 0 fully saturated rings. The van der Waals surface area contributed by atoms with Crippen LogP contribution in [-0.4, -0.2) is 29.1 Å². The van der Waals surface area contributed by atoms with E-state index in [2.05, 4.69) is 10.6 Å². The molecule has 1 atom stereocenters. The molecule has 7 heteroatoms. The quantitative estimate of drug-likeness (QED) is 0.642. The summed E-state index contributed by atoms with van der Waals surface area (Å²) in [5, 5.41) is 13.8. The largest absolute Gasteiger partial charge is 0.480 e. The van der Waals surface area contributed by atoms with E-state index >= 15 is 0 Å². The molecule has 0 saturated heterocycles. The average Bonchev–Trinajstić information content (AvgIpc) is 2.34. The summed E-state index contributed by atoms with van der Waals surface area (Å²) in [5.41, 5.74) is 5.58. The van der Waals surface area contributed by atoms with Crippen LogP contribution < -0.4 is 16.4 Å². The molecule has 1 aromatic carbocycles. The molecule has 0 bridgehead atoms. The second-order valence-electron chi connectivity index (χ2n) is 4.60. The molecule has 7 nitrogen and oxygen atoms in total. The first-order valence-corrected chi connectivity index (χ1v) is 6.01. The van der Waals surface area contributed by atoms with E-state index in [1.807, 2.05) is 0 Å². The topological polar surface area (TPSA) is 122 Å². The molecule has 0 heterocycles. The van der Waals surface area contributed by atoms with Crippen LogP contribution in [0.15, 0.2) is 24.3 Å². The van der Waals surface area contributed by atoms with Crippen molar-refractivity contribution in [1.82, 2.24) is 5.32 Å². The Morgan fingerprint density at radius 3 is 2.40 bits per heavy atom. The van der Waals surface area contributed by atoms with E-state index < -0.39 is 23.9 Å². The Hall–Kier alpha value is -2.57. The summed E-state index contributed by atoms with van der Waals surface area (Å²) in [5.74, 6) is -1.87. The molecule has 108 valence electrons. The molecule has 0 spiro atoms. The van der Waals surface area contributed by atoms with E-state index in [0.717, 1.165) is 0 Å². The minimum absolute atomic E-state index is 0.239. The van der Waals surface area contributed by atoms with Crippen LogP contribution in [0.3, 0.4) is 0 Å². The van der Waals surface area contributed by atoms with Crippen molar-refractivity contribution < 1.29 is 19.5 Å². The number of urea groups is 1. The Morgan fingerprint density at radius 2 is 1.90 bits per heavy atom. The Morgan fingerprint density at radius 1 is 1.25 bits per heavy atom. The molecule has 20 heavy (non-hydrogen) atoms. The molecule has 0 radical (unpaired) electrons. The highest BCUT2D eigenvalue weighted by molar-refractivity contribution is 5.98. The average molecular weight is 279 g/mol. The molecule has 3 amide bonds. The van der Waals surface area contributed by atoms with Gasteiger partial charge in [-0.15, -0.1) is 0 Å². The Labute approximate surface area is 116 Å². The molecule has 1 aromatic rings. The zero-order valence-corrected chi connectivity index (χ0v) is 11.2. The molecule has 1 rings (SSSR count). The van der Waals surface area contributed by atoms with Crippen LogP contribution in [0.4, 0.5) is 10.5 Å². The van der Waals surface area contributed by atoms with Gasteiger partial charge in [0.1, 0.15) is 6.04 Å². The Balaban J connectivity index is 2.86. The predicted octanol–water partition coefficient (Wildman–Crippen LogP) is 1.02. The van der Waals surface area contributed by atoms with Crippen LogP contribution in [0.5, 0.6) is 0 Å². The summed E-state index contributed by atoms with van der Waals surface area (Å²) in [6, 6.07) is 4.34. The number of aliphatic carboxylic acids is 1. The number of benzene rings is 1. The van der Waals surface area contributed by atoms with Crippen molar-refractivity contribution in [2.75, 3.05) is 5.32 Å². The monoisotopic (exact) mass is 279 g/mol. The zero-order valence-electron chi connectivity index (χ0n) is 11.2. The standard InChI is InChI=1S/C13H17N3O4/c1-7(2)10(12(18)19)16-11(17)8-4-3-5-9(6-8)15-13(14)20/h3-7,10H,1-2H3,(H,16,17)(H,18,19)(H3,14,15,20). The molecule has 0 aliphatic carbocycles. The van der Waals surface area contributed by atoms with Gasteiger partial charge in [-0.05, 0) is 24.1 Å². The van der Waals surface area contributed by atoms with Crippen molar-refractivity contribution in [1.29, 1.82) is 0 Å². The van der Waals surface area contributed by atoms with Crippen molar-refractivity contribution in [3.63, 3.8) is 0 Å². The van der Waals surface area contributed by atoms with Gasteiger partial charge in [-0.25, -0.2) is 9.59 Å². The third-order valence-corrected chi connectivity index (χ3v) is 2.61. The van der Waals surface area contributed by atoms with Crippen LogP contribution in [0, 0.1) is 5.92 Å². The lowest BCUT2D eigenvalue weighted by atomic mass is 10.0. The van der Waals surface area contributed by atoms with E-state index in [0.29, 0.717) is 5.69 Å². The first-order valence-electron chi connectivity index (χ1n) is 6.01. The van der Waals surface area contributed by atoms with Crippen molar-refractivity contribution in [3.05, 3.63) is 29.8 Å². The number of carbonyl (C=O) groups excluding carboxylic acids is 2. The Kier molecular flexibility index (Phi) is 5.08. The van der Waals surface area contributed by atoms with Gasteiger partial charge < -0.3 is 21.5 Å². The summed E-state index contributed by atoms with van der Waals surface area (Å²) in [4.78, 5) is 33.8. The van der Waals surface area contributed by atoms with Gasteiger partial charge in [-0.1, -0.05) is 19.9 Å². The number of carboxylic acid groups (broad SMARTS) is 1. The number of carbonyl (C=O) groups is 3. The SMILES string of the molecule is CC(C)C(NC(=O)c1cccc(NC(N)=O)c1)C(=O)O. The summed E-state index contributed by atoms with van der Waals surface area (Å²) < 4.78 is 0. The van der Waals surface area contributed by atoms with Crippen molar-refractivity contribution >= 4 is 23.6 Å². The number of hydrogen-bond donors (Lipinski definition) is 4. The minimum Gasteiger partial charge on any atom is -0.480 e. The number of hydrogen-bond acceptors (Lipinski definition) is 3. The van der Waals surface area contributed by atoms with Crippen LogP contribution in [0.2, 0.25) is 0 Å². The van der Waals surface area contributed by atoms with Gasteiger partial charge in [0.25, 0.3) is 5.91 Å². The lowest BCUT2D eigenvalue weighted by Gasteiger charge is -2.18. The number of nitrogens with two attached hydrogens (primary N) is 1. The van der Waals surface area contributed by atoms with Gasteiger partial charge in [-0.3, -0.25) is 4.79 Å². The van der Waals surface area contributed by atoms with E-state index in [1.54, 1.807) is 26.0 Å². The van der Waals surface area contributed by atoms with Gasteiger partial charge in [0.2, 0.25) is 0 Å². The Bertz CT molecular complexity index is 528.